The molecule has 2 N–H and O–H groups in total. The van der Waals surface area contributed by atoms with E-state index < -0.39 is 17.5 Å². The summed E-state index contributed by atoms with van der Waals surface area (Å²) in [7, 11) is 0. The molecule has 1 atom stereocenters. The minimum atomic E-state index is -1.22. The van der Waals surface area contributed by atoms with Crippen LogP contribution in [0.3, 0.4) is 0 Å². The number of benzene rings is 2. The zero-order chi connectivity index (χ0) is 20.9. The minimum Gasteiger partial charge on any atom is -0.494 e. The average molecular weight is 395 g/mol. The van der Waals surface area contributed by atoms with Gasteiger partial charge in [0.2, 0.25) is 5.91 Å². The predicted molar refractivity (Wildman–Crippen MR) is 108 cm³/mol. The number of urea groups is 1. The second-order valence-corrected chi connectivity index (χ2v) is 6.99. The van der Waals surface area contributed by atoms with Crippen LogP contribution in [0.5, 0.6) is 5.75 Å². The Kier molecular flexibility index (Phi) is 6.16. The Morgan fingerprint density at radius 1 is 1.10 bits per heavy atom. The summed E-state index contributed by atoms with van der Waals surface area (Å²) in [5, 5.41) is 5.46. The molecule has 1 fully saturated rings. The first-order valence-corrected chi connectivity index (χ1v) is 9.62. The van der Waals surface area contributed by atoms with Crippen molar-refractivity contribution < 1.29 is 19.1 Å². The van der Waals surface area contributed by atoms with E-state index in [9.17, 15) is 14.4 Å². The normalized spacial score (nSPS) is 18.5. The number of hydrogen-bond donors (Lipinski definition) is 2. The number of carbonyl (C=O) groups is 3. The Morgan fingerprint density at radius 2 is 1.79 bits per heavy atom. The monoisotopic (exact) mass is 395 g/mol. The van der Waals surface area contributed by atoms with E-state index in [1.807, 2.05) is 37.3 Å². The van der Waals surface area contributed by atoms with Gasteiger partial charge in [0.05, 0.1) is 6.61 Å². The fraction of sp³-hybridized carbons (Fsp3) is 0.318. The van der Waals surface area contributed by atoms with E-state index in [1.54, 1.807) is 31.2 Å². The number of ether oxygens (including phenoxy) is 1. The molecule has 1 saturated heterocycles. The van der Waals surface area contributed by atoms with Crippen LogP contribution in [0, 0.1) is 0 Å². The molecule has 2 aromatic rings. The standard InChI is InChI=1S/C22H25N3O4/c1-3-29-18-11-9-17(10-12-18)22(2)20(27)25(21(28)24-22)15-19(26)23-14-13-16-7-5-4-6-8-16/h4-12H,3,13-15H2,1-2H3,(H,23,26)(H,24,28). The topological polar surface area (TPSA) is 87.7 Å². The van der Waals surface area contributed by atoms with Crippen molar-refractivity contribution in [2.45, 2.75) is 25.8 Å². The molecule has 0 aromatic heterocycles. The zero-order valence-corrected chi connectivity index (χ0v) is 16.6. The maximum absolute atomic E-state index is 12.9. The second kappa shape index (κ2) is 8.77. The molecule has 3 rings (SSSR count). The summed E-state index contributed by atoms with van der Waals surface area (Å²) in [6.45, 7) is 4.18. The Balaban J connectivity index is 1.59. The van der Waals surface area contributed by atoms with E-state index >= 15 is 0 Å². The van der Waals surface area contributed by atoms with Crippen molar-refractivity contribution in [1.29, 1.82) is 0 Å². The maximum atomic E-state index is 12.9. The number of imide groups is 1. The fourth-order valence-electron chi connectivity index (χ4n) is 3.28. The molecule has 4 amide bonds. The van der Waals surface area contributed by atoms with Crippen LogP contribution in [0.25, 0.3) is 0 Å². The van der Waals surface area contributed by atoms with Gasteiger partial charge in [-0.1, -0.05) is 42.5 Å². The van der Waals surface area contributed by atoms with Crippen LogP contribution in [0.15, 0.2) is 54.6 Å². The van der Waals surface area contributed by atoms with Gasteiger partial charge in [-0.25, -0.2) is 4.79 Å². The highest BCUT2D eigenvalue weighted by molar-refractivity contribution is 6.09. The molecule has 0 aliphatic carbocycles. The molecule has 0 radical (unpaired) electrons. The molecule has 2 aromatic carbocycles. The van der Waals surface area contributed by atoms with Crippen LogP contribution < -0.4 is 15.4 Å². The molecular formula is C22H25N3O4. The average Bonchev–Trinajstić information content (AvgIpc) is 2.93. The van der Waals surface area contributed by atoms with Gasteiger partial charge in [0, 0.05) is 6.54 Å². The number of nitrogens with zero attached hydrogens (tertiary/aromatic N) is 1. The molecule has 1 aliphatic rings. The highest BCUT2D eigenvalue weighted by Gasteiger charge is 2.49. The molecular weight excluding hydrogens is 370 g/mol. The summed E-state index contributed by atoms with van der Waals surface area (Å²) in [6, 6.07) is 16.2. The summed E-state index contributed by atoms with van der Waals surface area (Å²) >= 11 is 0. The zero-order valence-electron chi connectivity index (χ0n) is 16.6. The number of rotatable bonds is 8. The number of carbonyl (C=O) groups excluding carboxylic acids is 3. The first-order valence-electron chi connectivity index (χ1n) is 9.62. The Hall–Kier alpha value is -3.35. The quantitative estimate of drug-likeness (QED) is 0.671. The predicted octanol–water partition coefficient (Wildman–Crippen LogP) is 2.21. The summed E-state index contributed by atoms with van der Waals surface area (Å²) in [5.41, 5.74) is 0.517. The van der Waals surface area contributed by atoms with Crippen LogP contribution in [-0.4, -0.2) is 42.4 Å². The van der Waals surface area contributed by atoms with Crippen molar-refractivity contribution >= 4 is 17.8 Å². The molecule has 7 nitrogen and oxygen atoms in total. The van der Waals surface area contributed by atoms with Gasteiger partial charge >= 0.3 is 6.03 Å². The molecule has 0 bridgehead atoms. The summed E-state index contributed by atoms with van der Waals surface area (Å²) in [6.07, 6.45) is 0.677. The lowest BCUT2D eigenvalue weighted by atomic mass is 9.92. The smallest absolute Gasteiger partial charge is 0.325 e. The van der Waals surface area contributed by atoms with Crippen LogP contribution in [-0.2, 0) is 21.5 Å². The number of amides is 4. The molecule has 1 aliphatic heterocycles. The van der Waals surface area contributed by atoms with E-state index in [0.717, 1.165) is 10.5 Å². The number of hydrogen-bond acceptors (Lipinski definition) is 4. The van der Waals surface area contributed by atoms with Gasteiger partial charge in [0.1, 0.15) is 17.8 Å². The number of nitrogens with one attached hydrogen (secondary N) is 2. The van der Waals surface area contributed by atoms with Gasteiger partial charge in [-0.15, -0.1) is 0 Å². The van der Waals surface area contributed by atoms with E-state index in [2.05, 4.69) is 10.6 Å². The van der Waals surface area contributed by atoms with Gasteiger partial charge < -0.3 is 15.4 Å². The summed E-state index contributed by atoms with van der Waals surface area (Å²) in [4.78, 5) is 38.5. The summed E-state index contributed by atoms with van der Waals surface area (Å²) < 4.78 is 5.41. The lowest BCUT2D eigenvalue weighted by molar-refractivity contribution is -0.134. The lowest BCUT2D eigenvalue weighted by Gasteiger charge is -2.22. The SMILES string of the molecule is CCOc1ccc(C2(C)NC(=O)N(CC(=O)NCCc3ccccc3)C2=O)cc1. The van der Waals surface area contributed by atoms with Gasteiger partial charge in [-0.2, -0.15) is 0 Å². The highest BCUT2D eigenvalue weighted by atomic mass is 16.5. The largest absolute Gasteiger partial charge is 0.494 e. The third-order valence-corrected chi connectivity index (χ3v) is 4.90. The second-order valence-electron chi connectivity index (χ2n) is 6.99. The molecule has 7 heteroatoms. The van der Waals surface area contributed by atoms with Crippen molar-refractivity contribution in [1.82, 2.24) is 15.5 Å². The third-order valence-electron chi connectivity index (χ3n) is 4.90. The molecule has 152 valence electrons. The van der Waals surface area contributed by atoms with Crippen molar-refractivity contribution in [3.63, 3.8) is 0 Å². The Labute approximate surface area is 170 Å². The van der Waals surface area contributed by atoms with Crippen molar-refractivity contribution in [2.24, 2.45) is 0 Å². The van der Waals surface area contributed by atoms with Crippen molar-refractivity contribution in [2.75, 3.05) is 19.7 Å². The van der Waals surface area contributed by atoms with Crippen molar-refractivity contribution in [3.05, 3.63) is 65.7 Å². The fourth-order valence-corrected chi connectivity index (χ4v) is 3.28. The van der Waals surface area contributed by atoms with Crippen LogP contribution in [0.2, 0.25) is 0 Å². The van der Waals surface area contributed by atoms with Gasteiger partial charge in [-0.3, -0.25) is 14.5 Å². The third kappa shape index (κ3) is 4.56. The summed E-state index contributed by atoms with van der Waals surface area (Å²) in [5.74, 6) is -0.142. The van der Waals surface area contributed by atoms with E-state index in [1.165, 1.54) is 0 Å². The molecule has 1 heterocycles. The highest BCUT2D eigenvalue weighted by Crippen LogP contribution is 2.29. The Bertz CT molecular complexity index is 883. The van der Waals surface area contributed by atoms with Crippen LogP contribution in [0.1, 0.15) is 25.0 Å². The molecule has 0 spiro atoms. The van der Waals surface area contributed by atoms with Crippen LogP contribution >= 0.6 is 0 Å². The first-order chi connectivity index (χ1) is 13.9. The molecule has 1 unspecified atom stereocenters. The first kappa shape index (κ1) is 20.4. The molecule has 29 heavy (non-hydrogen) atoms. The maximum Gasteiger partial charge on any atom is 0.325 e. The Morgan fingerprint density at radius 3 is 2.45 bits per heavy atom. The van der Waals surface area contributed by atoms with E-state index in [0.29, 0.717) is 30.9 Å². The van der Waals surface area contributed by atoms with Gasteiger partial charge in [0.25, 0.3) is 5.91 Å². The van der Waals surface area contributed by atoms with Gasteiger partial charge in [-0.05, 0) is 43.5 Å². The van der Waals surface area contributed by atoms with E-state index in [-0.39, 0.29) is 12.5 Å². The minimum absolute atomic E-state index is 0.313. The van der Waals surface area contributed by atoms with E-state index in [4.69, 9.17) is 4.74 Å². The van der Waals surface area contributed by atoms with Crippen LogP contribution in [0.4, 0.5) is 4.79 Å². The lowest BCUT2D eigenvalue weighted by Crippen LogP contribution is -2.43. The van der Waals surface area contributed by atoms with Gasteiger partial charge in [0.15, 0.2) is 0 Å². The van der Waals surface area contributed by atoms with Crippen molar-refractivity contribution in [3.8, 4) is 5.75 Å². The molecule has 0 saturated carbocycles.